The van der Waals surface area contributed by atoms with Crippen molar-refractivity contribution in [1.29, 1.82) is 0 Å². The first kappa shape index (κ1) is 23.2. The minimum atomic E-state index is -0.985. The molecule has 2 aromatic rings. The van der Waals surface area contributed by atoms with Crippen LogP contribution < -0.4 is 15.4 Å². The summed E-state index contributed by atoms with van der Waals surface area (Å²) in [5.41, 5.74) is 0.909. The van der Waals surface area contributed by atoms with E-state index >= 15 is 0 Å². The SMILES string of the molecule is CCNC(=NCc1ccccc1OCC)NCC(C)(O)c1ccccc1.I. The average molecular weight is 483 g/mol. The lowest BCUT2D eigenvalue weighted by atomic mass is 9.96. The Morgan fingerprint density at radius 2 is 1.70 bits per heavy atom. The minimum Gasteiger partial charge on any atom is -0.494 e. The molecule has 1 atom stereocenters. The Hall–Kier alpha value is -1.80. The maximum atomic E-state index is 10.7. The molecule has 5 nitrogen and oxygen atoms in total. The van der Waals surface area contributed by atoms with Crippen molar-refractivity contribution in [3.8, 4) is 5.75 Å². The molecule has 0 amide bonds. The number of benzene rings is 2. The molecule has 0 aliphatic rings. The standard InChI is InChI=1S/C21H29N3O2.HI/c1-4-22-20(23-15-17-11-9-10-14-19(17)26-5-2)24-16-21(3,25)18-12-7-6-8-13-18;/h6-14,25H,4-5,15-16H2,1-3H3,(H2,22,23,24);1H. The van der Waals surface area contributed by atoms with Crippen LogP contribution in [-0.4, -0.2) is 30.8 Å². The number of nitrogens with one attached hydrogen (secondary N) is 2. The Balaban J connectivity index is 0.00000364. The van der Waals surface area contributed by atoms with Crippen molar-refractivity contribution in [2.45, 2.75) is 32.9 Å². The van der Waals surface area contributed by atoms with E-state index in [0.717, 1.165) is 23.4 Å². The summed E-state index contributed by atoms with van der Waals surface area (Å²) in [5.74, 6) is 1.51. The van der Waals surface area contributed by atoms with Gasteiger partial charge in [0.25, 0.3) is 0 Å². The molecule has 6 heteroatoms. The lowest BCUT2D eigenvalue weighted by molar-refractivity contribution is 0.0617. The third-order valence-electron chi connectivity index (χ3n) is 4.02. The summed E-state index contributed by atoms with van der Waals surface area (Å²) in [5, 5.41) is 17.2. The van der Waals surface area contributed by atoms with Gasteiger partial charge in [-0.05, 0) is 32.4 Å². The van der Waals surface area contributed by atoms with E-state index in [0.29, 0.717) is 25.7 Å². The normalized spacial score (nSPS) is 13.3. The van der Waals surface area contributed by atoms with Gasteiger partial charge in [-0.25, -0.2) is 4.99 Å². The van der Waals surface area contributed by atoms with Crippen LogP contribution >= 0.6 is 24.0 Å². The first-order valence-electron chi connectivity index (χ1n) is 9.07. The van der Waals surface area contributed by atoms with E-state index in [1.807, 2.05) is 68.4 Å². The van der Waals surface area contributed by atoms with Gasteiger partial charge in [0.1, 0.15) is 11.4 Å². The molecule has 0 fully saturated rings. The quantitative estimate of drug-likeness (QED) is 0.305. The zero-order valence-electron chi connectivity index (χ0n) is 16.2. The molecule has 0 radical (unpaired) electrons. The number of aliphatic hydroxyl groups is 1. The third-order valence-corrected chi connectivity index (χ3v) is 4.02. The molecule has 0 saturated heterocycles. The van der Waals surface area contributed by atoms with Gasteiger partial charge in [0.15, 0.2) is 5.96 Å². The highest BCUT2D eigenvalue weighted by molar-refractivity contribution is 14.0. The number of para-hydroxylation sites is 1. The monoisotopic (exact) mass is 483 g/mol. The molecular formula is C21H30IN3O2. The van der Waals surface area contributed by atoms with Gasteiger partial charge in [-0.1, -0.05) is 48.5 Å². The van der Waals surface area contributed by atoms with Crippen LogP contribution in [0.2, 0.25) is 0 Å². The van der Waals surface area contributed by atoms with E-state index in [4.69, 9.17) is 4.74 Å². The zero-order chi connectivity index (χ0) is 18.8. The van der Waals surface area contributed by atoms with E-state index < -0.39 is 5.60 Å². The van der Waals surface area contributed by atoms with Crippen LogP contribution in [0.3, 0.4) is 0 Å². The van der Waals surface area contributed by atoms with Crippen LogP contribution in [0.5, 0.6) is 5.75 Å². The lowest BCUT2D eigenvalue weighted by Crippen LogP contribution is -2.44. The number of hydrogen-bond donors (Lipinski definition) is 3. The molecule has 2 aromatic carbocycles. The molecule has 3 N–H and O–H groups in total. The molecule has 0 spiro atoms. The molecule has 0 aliphatic carbocycles. The van der Waals surface area contributed by atoms with Gasteiger partial charge in [-0.15, -0.1) is 24.0 Å². The maximum Gasteiger partial charge on any atom is 0.191 e. The van der Waals surface area contributed by atoms with Crippen molar-refractivity contribution in [1.82, 2.24) is 10.6 Å². The number of ether oxygens (including phenoxy) is 1. The van der Waals surface area contributed by atoms with Gasteiger partial charge in [-0.2, -0.15) is 0 Å². The van der Waals surface area contributed by atoms with Crippen molar-refractivity contribution in [2.75, 3.05) is 19.7 Å². The molecule has 0 saturated carbocycles. The average Bonchev–Trinajstić information content (AvgIpc) is 2.66. The molecular weight excluding hydrogens is 453 g/mol. The van der Waals surface area contributed by atoms with Gasteiger partial charge in [0.2, 0.25) is 0 Å². The van der Waals surface area contributed by atoms with Crippen molar-refractivity contribution in [3.63, 3.8) is 0 Å². The Morgan fingerprint density at radius 3 is 2.37 bits per heavy atom. The van der Waals surface area contributed by atoms with Gasteiger partial charge < -0.3 is 20.5 Å². The van der Waals surface area contributed by atoms with E-state index in [1.165, 1.54) is 0 Å². The fourth-order valence-corrected chi connectivity index (χ4v) is 2.59. The second-order valence-electron chi connectivity index (χ2n) is 6.23. The number of nitrogens with zero attached hydrogens (tertiary/aromatic N) is 1. The van der Waals surface area contributed by atoms with Crippen LogP contribution in [0.25, 0.3) is 0 Å². The number of guanidine groups is 1. The van der Waals surface area contributed by atoms with Gasteiger partial charge in [-0.3, -0.25) is 0 Å². The molecule has 2 rings (SSSR count). The Morgan fingerprint density at radius 1 is 1.04 bits per heavy atom. The molecule has 0 aliphatic heterocycles. The van der Waals surface area contributed by atoms with Crippen LogP contribution in [0.1, 0.15) is 31.9 Å². The van der Waals surface area contributed by atoms with Crippen LogP contribution in [0, 0.1) is 0 Å². The minimum absolute atomic E-state index is 0. The molecule has 1 unspecified atom stereocenters. The summed E-state index contributed by atoms with van der Waals surface area (Å²) in [6, 6.07) is 17.5. The highest BCUT2D eigenvalue weighted by Gasteiger charge is 2.22. The third kappa shape index (κ3) is 7.38. The summed E-state index contributed by atoms with van der Waals surface area (Å²) >= 11 is 0. The van der Waals surface area contributed by atoms with Crippen LogP contribution in [0.15, 0.2) is 59.6 Å². The largest absolute Gasteiger partial charge is 0.494 e. The summed E-state index contributed by atoms with van der Waals surface area (Å²) in [7, 11) is 0. The maximum absolute atomic E-state index is 10.7. The number of hydrogen-bond acceptors (Lipinski definition) is 3. The number of rotatable bonds is 8. The highest BCUT2D eigenvalue weighted by atomic mass is 127. The summed E-state index contributed by atoms with van der Waals surface area (Å²) in [6.07, 6.45) is 0. The van der Waals surface area contributed by atoms with Crippen LogP contribution in [0.4, 0.5) is 0 Å². The van der Waals surface area contributed by atoms with Crippen molar-refractivity contribution in [3.05, 3.63) is 65.7 Å². The van der Waals surface area contributed by atoms with Crippen LogP contribution in [-0.2, 0) is 12.1 Å². The first-order chi connectivity index (χ1) is 12.6. The Kier molecular flexibility index (Phi) is 10.2. The topological polar surface area (TPSA) is 65.9 Å². The summed E-state index contributed by atoms with van der Waals surface area (Å²) in [6.45, 7) is 8.00. The fourth-order valence-electron chi connectivity index (χ4n) is 2.59. The van der Waals surface area contributed by atoms with Gasteiger partial charge >= 0.3 is 0 Å². The van der Waals surface area contributed by atoms with Crippen molar-refractivity contribution in [2.24, 2.45) is 4.99 Å². The molecule has 0 bridgehead atoms. The fraction of sp³-hybridized carbons (Fsp3) is 0.381. The molecule has 0 aromatic heterocycles. The second kappa shape index (κ2) is 11.8. The number of aliphatic imine (C=N–C) groups is 1. The van der Waals surface area contributed by atoms with E-state index in [9.17, 15) is 5.11 Å². The predicted octanol–water partition coefficient (Wildman–Crippen LogP) is 3.67. The lowest BCUT2D eigenvalue weighted by Gasteiger charge is -2.25. The predicted molar refractivity (Wildman–Crippen MR) is 122 cm³/mol. The molecule has 27 heavy (non-hydrogen) atoms. The van der Waals surface area contributed by atoms with E-state index in [2.05, 4.69) is 15.6 Å². The highest BCUT2D eigenvalue weighted by Crippen LogP contribution is 2.20. The van der Waals surface area contributed by atoms with Gasteiger partial charge in [0.05, 0.1) is 19.7 Å². The van der Waals surface area contributed by atoms with Gasteiger partial charge in [0, 0.05) is 12.1 Å². The molecule has 0 heterocycles. The van der Waals surface area contributed by atoms with E-state index in [-0.39, 0.29) is 24.0 Å². The zero-order valence-corrected chi connectivity index (χ0v) is 18.6. The van der Waals surface area contributed by atoms with E-state index in [1.54, 1.807) is 6.92 Å². The Bertz CT molecular complexity index is 706. The summed E-state index contributed by atoms with van der Waals surface area (Å²) < 4.78 is 5.65. The first-order valence-corrected chi connectivity index (χ1v) is 9.07. The van der Waals surface area contributed by atoms with Crippen molar-refractivity contribution >= 4 is 29.9 Å². The summed E-state index contributed by atoms with van der Waals surface area (Å²) in [4.78, 5) is 4.63. The van der Waals surface area contributed by atoms with Crippen molar-refractivity contribution < 1.29 is 9.84 Å². The number of halogens is 1. The molecule has 148 valence electrons. The second-order valence-corrected chi connectivity index (χ2v) is 6.23. The smallest absolute Gasteiger partial charge is 0.191 e. The Labute approximate surface area is 179 Å².